The Morgan fingerprint density at radius 3 is 1.70 bits per heavy atom. The zero-order valence-electron chi connectivity index (χ0n) is 15.5. The summed E-state index contributed by atoms with van der Waals surface area (Å²) in [6.07, 6.45) is -25.6. The summed E-state index contributed by atoms with van der Waals surface area (Å²) in [7, 11) is 0. The molecule has 0 aliphatic carbocycles. The van der Waals surface area contributed by atoms with Crippen molar-refractivity contribution in [3.05, 3.63) is 30.3 Å². The molecule has 0 saturated heterocycles. The Bertz CT molecular complexity index is 893. The number of anilines is 1. The van der Waals surface area contributed by atoms with Gasteiger partial charge in [0.05, 0.1) is 0 Å². The van der Waals surface area contributed by atoms with Crippen molar-refractivity contribution in [2.45, 2.75) is 36.2 Å². The fourth-order valence-electron chi connectivity index (χ4n) is 2.48. The van der Waals surface area contributed by atoms with Gasteiger partial charge in [-0.1, -0.05) is 30.0 Å². The Labute approximate surface area is 179 Å². The number of ether oxygens (including phenoxy) is 1. The number of thioether (sulfide) groups is 1. The number of hydrogen-bond donors (Lipinski definition) is 1. The van der Waals surface area contributed by atoms with E-state index in [9.17, 15) is 52.7 Å². The molecule has 186 valence electrons. The molecule has 0 spiro atoms. The third kappa shape index (κ3) is 4.41. The Hall–Kier alpha value is -2.37. The number of rotatable bonds is 2. The predicted octanol–water partition coefficient (Wildman–Crippen LogP) is 5.23. The molecule has 0 amide bonds. The number of aliphatic imine (C=N–C) groups is 2. The zero-order chi connectivity index (χ0) is 25.7. The van der Waals surface area contributed by atoms with Crippen LogP contribution in [0.5, 0.6) is 0 Å². The Balaban J connectivity index is 2.95. The molecule has 1 aromatic carbocycles. The molecule has 1 aromatic rings. The minimum atomic E-state index is -6.72. The first-order valence-electron chi connectivity index (χ1n) is 7.99. The van der Waals surface area contributed by atoms with E-state index in [4.69, 9.17) is 5.11 Å². The first kappa shape index (κ1) is 26.9. The van der Waals surface area contributed by atoms with Crippen molar-refractivity contribution < 1.29 is 62.5 Å². The van der Waals surface area contributed by atoms with Crippen LogP contribution >= 0.6 is 11.8 Å². The molecule has 0 unspecified atom stereocenters. The number of nitrogens with zero attached hydrogens (tertiary/aromatic N) is 3. The summed E-state index contributed by atoms with van der Waals surface area (Å²) < 4.78 is 164. The van der Waals surface area contributed by atoms with Gasteiger partial charge in [-0.25, -0.2) is 0 Å². The number of alkyl halides is 12. The van der Waals surface area contributed by atoms with Crippen molar-refractivity contribution in [2.75, 3.05) is 11.2 Å². The molecule has 0 saturated carbocycles. The topological polar surface area (TPSA) is 57.4 Å². The maximum absolute atomic E-state index is 13.9. The van der Waals surface area contributed by atoms with E-state index >= 15 is 0 Å². The Morgan fingerprint density at radius 1 is 0.879 bits per heavy atom. The highest BCUT2D eigenvalue weighted by Gasteiger charge is 2.80. The third-order valence-electron chi connectivity index (χ3n) is 3.95. The van der Waals surface area contributed by atoms with Gasteiger partial charge in [-0.05, 0) is 18.4 Å². The van der Waals surface area contributed by atoms with E-state index in [1.54, 1.807) is 4.99 Å². The molecule has 0 atom stereocenters. The van der Waals surface area contributed by atoms with E-state index in [0.29, 0.717) is 0 Å². The standard InChI is InChI=1S/C15H9F12N3O2S/c1-33-9-28-8(29-10(31,12(16,17)18)13(19,20)21)32-11(14(22,23)24,15(25,26)27)30(9)7-5-3-2-4-6-7/h2-6,31H,1H3/b29-8+. The van der Waals surface area contributed by atoms with Gasteiger partial charge < -0.3 is 9.84 Å². The van der Waals surface area contributed by atoms with Gasteiger partial charge in [-0.15, -0.1) is 0 Å². The molecule has 0 fully saturated rings. The van der Waals surface area contributed by atoms with Gasteiger partial charge in [0.25, 0.3) is 0 Å². The minimum Gasteiger partial charge on any atom is -0.418 e. The van der Waals surface area contributed by atoms with Crippen LogP contribution in [0.2, 0.25) is 0 Å². The van der Waals surface area contributed by atoms with E-state index in [0.717, 1.165) is 30.5 Å². The molecular formula is C15H9F12N3O2S. The molecule has 0 aromatic heterocycles. The van der Waals surface area contributed by atoms with Crippen LogP contribution in [0.1, 0.15) is 0 Å². The molecule has 1 aliphatic rings. The number of halogens is 12. The maximum Gasteiger partial charge on any atom is 0.459 e. The van der Waals surface area contributed by atoms with Gasteiger partial charge in [0, 0.05) is 5.69 Å². The van der Waals surface area contributed by atoms with E-state index in [1.165, 1.54) is 6.07 Å². The quantitative estimate of drug-likeness (QED) is 0.540. The lowest BCUT2D eigenvalue weighted by molar-refractivity contribution is -0.368. The number of benzene rings is 1. The smallest absolute Gasteiger partial charge is 0.418 e. The lowest BCUT2D eigenvalue weighted by Gasteiger charge is -2.47. The second-order valence-electron chi connectivity index (χ2n) is 6.07. The summed E-state index contributed by atoms with van der Waals surface area (Å²) in [5, 5.41) is 7.70. The van der Waals surface area contributed by atoms with Gasteiger partial charge in [-0.3, -0.25) is 4.90 Å². The molecule has 5 nitrogen and oxygen atoms in total. The number of hydrogen-bond acceptors (Lipinski definition) is 5. The number of amidine groups is 2. The zero-order valence-corrected chi connectivity index (χ0v) is 16.3. The molecule has 1 heterocycles. The second kappa shape index (κ2) is 8.14. The number of aliphatic hydroxyl groups is 1. The predicted molar refractivity (Wildman–Crippen MR) is 90.3 cm³/mol. The van der Waals surface area contributed by atoms with E-state index in [-0.39, 0.29) is 11.8 Å². The van der Waals surface area contributed by atoms with E-state index in [2.05, 4.69) is 9.73 Å². The van der Waals surface area contributed by atoms with Crippen LogP contribution in [0.4, 0.5) is 58.4 Å². The number of para-hydroxylation sites is 1. The van der Waals surface area contributed by atoms with Gasteiger partial charge >= 0.3 is 42.2 Å². The highest BCUT2D eigenvalue weighted by atomic mass is 32.2. The van der Waals surface area contributed by atoms with Crippen LogP contribution in [0, 0.1) is 0 Å². The van der Waals surface area contributed by atoms with Crippen LogP contribution in [0.15, 0.2) is 40.3 Å². The maximum atomic E-state index is 13.9. The first-order valence-corrected chi connectivity index (χ1v) is 9.21. The summed E-state index contributed by atoms with van der Waals surface area (Å²) >= 11 is -0.00111. The molecule has 1 aliphatic heterocycles. The summed E-state index contributed by atoms with van der Waals surface area (Å²) in [5.74, 6) is 0. The van der Waals surface area contributed by atoms with Crippen LogP contribution < -0.4 is 4.90 Å². The molecule has 2 rings (SSSR count). The Kier molecular flexibility index (Phi) is 6.63. The van der Waals surface area contributed by atoms with Crippen LogP contribution in [-0.2, 0) is 4.74 Å². The average molecular weight is 523 g/mol. The second-order valence-corrected chi connectivity index (χ2v) is 6.85. The highest BCUT2D eigenvalue weighted by Crippen LogP contribution is 2.53. The molecular weight excluding hydrogens is 514 g/mol. The SMILES string of the molecule is CSC1=N/C(=N\C(O)(C(F)(F)F)C(F)(F)F)OC(C(F)(F)F)(C(F)(F)F)N1c1ccccc1. The molecule has 33 heavy (non-hydrogen) atoms. The molecule has 0 radical (unpaired) electrons. The normalized spacial score (nSPS) is 19.4. The fraction of sp³-hybridized carbons (Fsp3) is 0.467. The lowest BCUT2D eigenvalue weighted by Crippen LogP contribution is -2.73. The van der Waals surface area contributed by atoms with E-state index < -0.39 is 57.9 Å². The summed E-state index contributed by atoms with van der Waals surface area (Å²) in [6.45, 7) is 0. The van der Waals surface area contributed by atoms with Gasteiger partial charge in [0.15, 0.2) is 5.17 Å². The first-order chi connectivity index (χ1) is 14.7. The fourth-order valence-corrected chi connectivity index (χ4v) is 3.06. The molecule has 0 bridgehead atoms. The lowest BCUT2D eigenvalue weighted by atomic mass is 10.1. The monoisotopic (exact) mass is 523 g/mol. The van der Waals surface area contributed by atoms with E-state index in [1.807, 2.05) is 0 Å². The van der Waals surface area contributed by atoms with Crippen molar-refractivity contribution in [2.24, 2.45) is 9.98 Å². The summed E-state index contributed by atoms with van der Waals surface area (Å²) in [6, 6.07) is 2.00. The Morgan fingerprint density at radius 2 is 1.33 bits per heavy atom. The average Bonchev–Trinajstić information content (AvgIpc) is 2.64. The van der Waals surface area contributed by atoms with Gasteiger partial charge in [-0.2, -0.15) is 62.7 Å². The summed E-state index contributed by atoms with van der Waals surface area (Å²) in [5.41, 5.74) is -12.6. The van der Waals surface area contributed by atoms with Crippen LogP contribution in [-0.4, -0.2) is 58.7 Å². The molecule has 1 N–H and O–H groups in total. The van der Waals surface area contributed by atoms with Crippen LogP contribution in [0.3, 0.4) is 0 Å². The summed E-state index contributed by atoms with van der Waals surface area (Å²) in [4.78, 5) is 3.90. The van der Waals surface area contributed by atoms with Crippen molar-refractivity contribution in [3.8, 4) is 0 Å². The third-order valence-corrected chi connectivity index (χ3v) is 4.59. The van der Waals surface area contributed by atoms with Crippen molar-refractivity contribution >= 4 is 28.6 Å². The van der Waals surface area contributed by atoms with Gasteiger partial charge in [0.1, 0.15) is 0 Å². The largest absolute Gasteiger partial charge is 0.459 e. The van der Waals surface area contributed by atoms with Gasteiger partial charge in [0.2, 0.25) is 0 Å². The van der Waals surface area contributed by atoms with Crippen LogP contribution in [0.25, 0.3) is 0 Å². The van der Waals surface area contributed by atoms with Crippen molar-refractivity contribution in [1.29, 1.82) is 0 Å². The highest BCUT2D eigenvalue weighted by molar-refractivity contribution is 8.13. The van der Waals surface area contributed by atoms with Crippen molar-refractivity contribution in [1.82, 2.24) is 0 Å². The van der Waals surface area contributed by atoms with Crippen molar-refractivity contribution in [3.63, 3.8) is 0 Å². The molecule has 18 heteroatoms. The minimum absolute atomic E-state index is 0.00111.